The van der Waals surface area contributed by atoms with Crippen LogP contribution in [0.1, 0.15) is 40.4 Å². The van der Waals surface area contributed by atoms with Crippen LogP contribution in [0, 0.1) is 5.92 Å². The summed E-state index contributed by atoms with van der Waals surface area (Å²) in [5.41, 5.74) is 1.39. The molecule has 2 atom stereocenters. The number of nitrogens with one attached hydrogen (secondary N) is 1. The Bertz CT molecular complexity index is 394. The van der Waals surface area contributed by atoms with E-state index in [1.54, 1.807) is 11.3 Å². The van der Waals surface area contributed by atoms with Crippen molar-refractivity contribution in [1.29, 1.82) is 0 Å². The topological polar surface area (TPSA) is 29.1 Å². The van der Waals surface area contributed by atoms with Gasteiger partial charge in [-0.25, -0.2) is 0 Å². The Hall–Kier alpha value is -0.350. The molecule has 0 radical (unpaired) electrons. The zero-order valence-electron chi connectivity index (χ0n) is 10.3. The summed E-state index contributed by atoms with van der Waals surface area (Å²) in [4.78, 5) is 14.4. The van der Waals surface area contributed by atoms with Crippen molar-refractivity contribution in [3.05, 3.63) is 21.4 Å². The summed E-state index contributed by atoms with van der Waals surface area (Å²) in [5.74, 6) is 0.537. The summed E-state index contributed by atoms with van der Waals surface area (Å²) in [6.07, 6.45) is 3.55. The normalized spacial score (nSPS) is 17.6. The number of amides is 1. The molecule has 0 saturated carbocycles. The number of alkyl halides is 1. The third-order valence-corrected chi connectivity index (χ3v) is 5.68. The van der Waals surface area contributed by atoms with Gasteiger partial charge in [-0.15, -0.1) is 11.3 Å². The second kappa shape index (κ2) is 5.53. The summed E-state index contributed by atoms with van der Waals surface area (Å²) < 4.78 is 0. The minimum Gasteiger partial charge on any atom is -0.349 e. The molecule has 1 aliphatic rings. The molecule has 0 aromatic carbocycles. The number of fused-ring (bicyclic) bond motifs is 1. The molecule has 0 fully saturated rings. The Kier molecular flexibility index (Phi) is 4.26. The Morgan fingerprint density at radius 2 is 2.29 bits per heavy atom. The van der Waals surface area contributed by atoms with Crippen molar-refractivity contribution in [2.45, 2.75) is 39.2 Å². The van der Waals surface area contributed by atoms with E-state index in [1.807, 2.05) is 0 Å². The lowest BCUT2D eigenvalue weighted by molar-refractivity contribution is 0.0935. The van der Waals surface area contributed by atoms with Crippen LogP contribution >= 0.6 is 27.3 Å². The van der Waals surface area contributed by atoms with Gasteiger partial charge in [0.1, 0.15) is 0 Å². The van der Waals surface area contributed by atoms with Crippen molar-refractivity contribution in [2.24, 2.45) is 5.92 Å². The van der Waals surface area contributed by atoms with Crippen LogP contribution in [0.15, 0.2) is 6.07 Å². The molecule has 17 heavy (non-hydrogen) atoms. The maximum atomic E-state index is 12.1. The first-order valence-corrected chi connectivity index (χ1v) is 8.04. The summed E-state index contributed by atoms with van der Waals surface area (Å²) >= 11 is 5.12. The van der Waals surface area contributed by atoms with Crippen LogP contribution in [0.5, 0.6) is 0 Å². The average Bonchev–Trinajstić information content (AvgIpc) is 2.87. The first-order chi connectivity index (χ1) is 8.11. The number of hydrogen-bond acceptors (Lipinski definition) is 2. The summed E-state index contributed by atoms with van der Waals surface area (Å²) in [5, 5.41) is 3.99. The average molecular weight is 316 g/mol. The van der Waals surface area contributed by atoms with E-state index in [4.69, 9.17) is 0 Å². The van der Waals surface area contributed by atoms with Crippen molar-refractivity contribution in [1.82, 2.24) is 5.32 Å². The molecular weight excluding hydrogens is 298 g/mol. The first-order valence-electron chi connectivity index (χ1n) is 6.10. The molecule has 0 spiro atoms. The fourth-order valence-electron chi connectivity index (χ4n) is 1.99. The number of hydrogen-bond donors (Lipinski definition) is 1. The molecule has 2 unspecified atom stereocenters. The predicted molar refractivity (Wildman–Crippen MR) is 76.2 cm³/mol. The fourth-order valence-corrected chi connectivity index (χ4v) is 3.71. The maximum Gasteiger partial charge on any atom is 0.261 e. The van der Waals surface area contributed by atoms with Crippen LogP contribution in [0.25, 0.3) is 0 Å². The highest BCUT2D eigenvalue weighted by atomic mass is 79.9. The van der Waals surface area contributed by atoms with Crippen LogP contribution < -0.4 is 5.32 Å². The predicted octanol–water partition coefficient (Wildman–Crippen LogP) is 3.39. The lowest BCUT2D eigenvalue weighted by Gasteiger charge is -2.18. The number of aryl methyl sites for hydroxylation is 2. The SMILES string of the molecule is CC(CBr)C(C)NC(=O)c1cc2c(s1)CCC2. The van der Waals surface area contributed by atoms with Gasteiger partial charge in [0.25, 0.3) is 5.91 Å². The molecule has 0 saturated heterocycles. The monoisotopic (exact) mass is 315 g/mol. The zero-order valence-corrected chi connectivity index (χ0v) is 12.7. The Labute approximate surface area is 115 Å². The standard InChI is InChI=1S/C13H18BrNOS/c1-8(7-14)9(2)15-13(16)12-6-10-4-3-5-11(10)17-12/h6,8-9H,3-5,7H2,1-2H3,(H,15,16). The van der Waals surface area contributed by atoms with Gasteiger partial charge in [-0.3, -0.25) is 4.79 Å². The van der Waals surface area contributed by atoms with Gasteiger partial charge in [0, 0.05) is 16.2 Å². The van der Waals surface area contributed by atoms with Crippen LogP contribution in [0.4, 0.5) is 0 Å². The molecule has 0 aliphatic heterocycles. The summed E-state index contributed by atoms with van der Waals surface area (Å²) in [7, 11) is 0. The van der Waals surface area contributed by atoms with Crippen LogP contribution in [-0.4, -0.2) is 17.3 Å². The molecule has 1 heterocycles. The van der Waals surface area contributed by atoms with E-state index in [1.165, 1.54) is 16.9 Å². The molecule has 1 N–H and O–H groups in total. The Morgan fingerprint density at radius 3 is 2.94 bits per heavy atom. The van der Waals surface area contributed by atoms with E-state index >= 15 is 0 Å². The second-order valence-electron chi connectivity index (χ2n) is 4.81. The third-order valence-electron chi connectivity index (χ3n) is 3.43. The van der Waals surface area contributed by atoms with Crippen LogP contribution in [-0.2, 0) is 12.8 Å². The number of halogens is 1. The van der Waals surface area contributed by atoms with E-state index in [9.17, 15) is 4.79 Å². The lowest BCUT2D eigenvalue weighted by Crippen LogP contribution is -2.37. The molecule has 1 aliphatic carbocycles. The third kappa shape index (κ3) is 2.91. The molecule has 2 nitrogen and oxygen atoms in total. The number of rotatable bonds is 4. The van der Waals surface area contributed by atoms with Gasteiger partial charge < -0.3 is 5.32 Å². The lowest BCUT2D eigenvalue weighted by atomic mass is 10.1. The Morgan fingerprint density at radius 1 is 1.53 bits per heavy atom. The van der Waals surface area contributed by atoms with E-state index in [-0.39, 0.29) is 11.9 Å². The second-order valence-corrected chi connectivity index (χ2v) is 6.59. The van der Waals surface area contributed by atoms with Gasteiger partial charge in [0.05, 0.1) is 4.88 Å². The van der Waals surface area contributed by atoms with Gasteiger partial charge in [-0.1, -0.05) is 22.9 Å². The Balaban J connectivity index is 2.00. The van der Waals surface area contributed by atoms with Crippen LogP contribution in [0.3, 0.4) is 0 Å². The van der Waals surface area contributed by atoms with E-state index in [0.29, 0.717) is 5.92 Å². The van der Waals surface area contributed by atoms with Gasteiger partial charge in [-0.05, 0) is 43.7 Å². The van der Waals surface area contributed by atoms with E-state index in [0.717, 1.165) is 23.0 Å². The molecule has 0 bridgehead atoms. The number of thiophene rings is 1. The number of carbonyl (C=O) groups is 1. The fraction of sp³-hybridized carbons (Fsp3) is 0.615. The molecule has 1 aromatic heterocycles. The molecule has 2 rings (SSSR count). The molecular formula is C13H18BrNOS. The first kappa shape index (κ1) is 13.1. The van der Waals surface area contributed by atoms with Crippen LogP contribution in [0.2, 0.25) is 0 Å². The van der Waals surface area contributed by atoms with Crippen molar-refractivity contribution >= 4 is 33.2 Å². The quantitative estimate of drug-likeness (QED) is 0.848. The van der Waals surface area contributed by atoms with Crippen molar-refractivity contribution in [3.63, 3.8) is 0 Å². The highest BCUT2D eigenvalue weighted by Crippen LogP contribution is 2.30. The molecule has 4 heteroatoms. The molecule has 94 valence electrons. The molecule has 1 amide bonds. The highest BCUT2D eigenvalue weighted by molar-refractivity contribution is 9.09. The maximum absolute atomic E-state index is 12.1. The summed E-state index contributed by atoms with van der Waals surface area (Å²) in [6, 6.07) is 2.28. The summed E-state index contributed by atoms with van der Waals surface area (Å²) in [6.45, 7) is 4.19. The van der Waals surface area contributed by atoms with Crippen molar-refractivity contribution in [2.75, 3.05) is 5.33 Å². The minimum absolute atomic E-state index is 0.0877. The van der Waals surface area contributed by atoms with E-state index < -0.39 is 0 Å². The van der Waals surface area contributed by atoms with Gasteiger partial charge >= 0.3 is 0 Å². The van der Waals surface area contributed by atoms with Gasteiger partial charge in [0.15, 0.2) is 0 Å². The largest absolute Gasteiger partial charge is 0.349 e. The molecule has 1 aromatic rings. The number of carbonyl (C=O) groups excluding carboxylic acids is 1. The smallest absolute Gasteiger partial charge is 0.261 e. The van der Waals surface area contributed by atoms with Gasteiger partial charge in [-0.2, -0.15) is 0 Å². The minimum atomic E-state index is 0.0877. The zero-order chi connectivity index (χ0) is 12.4. The highest BCUT2D eigenvalue weighted by Gasteiger charge is 2.20. The van der Waals surface area contributed by atoms with Crippen molar-refractivity contribution in [3.8, 4) is 0 Å². The van der Waals surface area contributed by atoms with Crippen molar-refractivity contribution < 1.29 is 4.79 Å². The van der Waals surface area contributed by atoms with Gasteiger partial charge in [0.2, 0.25) is 0 Å². The van der Waals surface area contributed by atoms with E-state index in [2.05, 4.69) is 41.2 Å².